The largest absolute Gasteiger partial charge is 0.326 e. The van der Waals surface area contributed by atoms with Crippen molar-refractivity contribution in [3.63, 3.8) is 0 Å². The van der Waals surface area contributed by atoms with Gasteiger partial charge in [0.15, 0.2) is 11.6 Å². The molecule has 1 amide bonds. The summed E-state index contributed by atoms with van der Waals surface area (Å²) in [5.41, 5.74) is 7.01. The summed E-state index contributed by atoms with van der Waals surface area (Å²) in [6, 6.07) is 9.95. The van der Waals surface area contributed by atoms with Crippen LogP contribution in [0.3, 0.4) is 0 Å². The molecule has 0 spiro atoms. The second-order valence-corrected chi connectivity index (χ2v) is 3.98. The van der Waals surface area contributed by atoms with E-state index in [0.717, 1.165) is 17.7 Å². The van der Waals surface area contributed by atoms with Crippen molar-refractivity contribution in [1.29, 1.82) is 0 Å². The first kappa shape index (κ1) is 13.2. The molecule has 5 heteroatoms. The number of carbonyl (C=O) groups excluding carboxylic acids is 1. The van der Waals surface area contributed by atoms with E-state index < -0.39 is 17.5 Å². The van der Waals surface area contributed by atoms with Gasteiger partial charge in [-0.05, 0) is 35.9 Å². The maximum Gasteiger partial charge on any atom is 0.255 e. The number of carbonyl (C=O) groups is 1. The predicted molar refractivity (Wildman–Crippen MR) is 68.6 cm³/mol. The van der Waals surface area contributed by atoms with Crippen LogP contribution in [0.4, 0.5) is 14.5 Å². The lowest BCUT2D eigenvalue weighted by atomic mass is 10.1. The molecule has 2 aromatic carbocycles. The van der Waals surface area contributed by atoms with Crippen molar-refractivity contribution in [3.8, 4) is 0 Å². The van der Waals surface area contributed by atoms with Gasteiger partial charge in [-0.3, -0.25) is 4.79 Å². The zero-order valence-corrected chi connectivity index (χ0v) is 9.99. The van der Waals surface area contributed by atoms with Crippen LogP contribution < -0.4 is 11.1 Å². The fraction of sp³-hybridized carbons (Fsp3) is 0.0714. The number of anilines is 1. The average Bonchev–Trinajstić information content (AvgIpc) is 2.42. The van der Waals surface area contributed by atoms with Crippen molar-refractivity contribution < 1.29 is 13.6 Å². The molecule has 0 heterocycles. The average molecular weight is 262 g/mol. The van der Waals surface area contributed by atoms with E-state index in [1.165, 1.54) is 6.07 Å². The molecule has 0 atom stereocenters. The minimum atomic E-state index is -1.05. The van der Waals surface area contributed by atoms with E-state index in [4.69, 9.17) is 5.73 Å². The Morgan fingerprint density at radius 2 is 1.74 bits per heavy atom. The van der Waals surface area contributed by atoms with Gasteiger partial charge in [-0.25, -0.2) is 8.78 Å². The standard InChI is InChI=1S/C14H12F2N2O/c15-12-6-3-10(7-13(12)16)14(19)18-11-4-1-9(8-17)2-5-11/h1-7H,8,17H2,(H,18,19). The maximum absolute atomic E-state index is 13.0. The molecule has 19 heavy (non-hydrogen) atoms. The van der Waals surface area contributed by atoms with Crippen LogP contribution in [0.2, 0.25) is 0 Å². The molecule has 0 saturated carbocycles. The van der Waals surface area contributed by atoms with Gasteiger partial charge in [0.25, 0.3) is 5.91 Å². The lowest BCUT2D eigenvalue weighted by molar-refractivity contribution is 0.102. The SMILES string of the molecule is NCc1ccc(NC(=O)c2ccc(F)c(F)c2)cc1. The molecule has 98 valence electrons. The van der Waals surface area contributed by atoms with E-state index in [-0.39, 0.29) is 5.56 Å². The summed E-state index contributed by atoms with van der Waals surface area (Å²) < 4.78 is 25.8. The molecule has 0 saturated heterocycles. The highest BCUT2D eigenvalue weighted by Gasteiger charge is 2.09. The van der Waals surface area contributed by atoms with Gasteiger partial charge in [0.1, 0.15) is 0 Å². The van der Waals surface area contributed by atoms with Crippen molar-refractivity contribution in [2.45, 2.75) is 6.54 Å². The Labute approximate surface area is 109 Å². The Hall–Kier alpha value is -2.27. The summed E-state index contributed by atoms with van der Waals surface area (Å²) in [5.74, 6) is -2.53. The minimum absolute atomic E-state index is 0.0572. The third kappa shape index (κ3) is 3.14. The van der Waals surface area contributed by atoms with Gasteiger partial charge >= 0.3 is 0 Å². The number of nitrogens with two attached hydrogens (primary N) is 1. The predicted octanol–water partition coefficient (Wildman–Crippen LogP) is 2.68. The summed E-state index contributed by atoms with van der Waals surface area (Å²) >= 11 is 0. The van der Waals surface area contributed by atoms with Crippen LogP contribution in [0.1, 0.15) is 15.9 Å². The van der Waals surface area contributed by atoms with Gasteiger partial charge in [-0.15, -0.1) is 0 Å². The fourth-order valence-corrected chi connectivity index (χ4v) is 1.56. The number of halogens is 2. The van der Waals surface area contributed by atoms with E-state index in [2.05, 4.69) is 5.32 Å². The molecule has 2 rings (SSSR count). The van der Waals surface area contributed by atoms with Crippen molar-refractivity contribution in [3.05, 3.63) is 65.2 Å². The van der Waals surface area contributed by atoms with E-state index in [0.29, 0.717) is 12.2 Å². The molecule has 0 aliphatic carbocycles. The van der Waals surface area contributed by atoms with Gasteiger partial charge in [0.2, 0.25) is 0 Å². The zero-order valence-electron chi connectivity index (χ0n) is 9.99. The van der Waals surface area contributed by atoms with Crippen molar-refractivity contribution in [2.75, 3.05) is 5.32 Å². The fourth-order valence-electron chi connectivity index (χ4n) is 1.56. The van der Waals surface area contributed by atoms with E-state index >= 15 is 0 Å². The number of benzene rings is 2. The zero-order chi connectivity index (χ0) is 13.8. The van der Waals surface area contributed by atoms with Crippen molar-refractivity contribution in [2.24, 2.45) is 5.73 Å². The molecule has 3 nitrogen and oxygen atoms in total. The molecular weight excluding hydrogens is 250 g/mol. The van der Waals surface area contributed by atoms with Crippen molar-refractivity contribution in [1.82, 2.24) is 0 Å². The van der Waals surface area contributed by atoms with E-state index in [1.807, 2.05) is 0 Å². The molecule has 2 aromatic rings. The first-order valence-electron chi connectivity index (χ1n) is 5.65. The summed E-state index contributed by atoms with van der Waals surface area (Å²) in [7, 11) is 0. The third-order valence-corrected chi connectivity index (χ3v) is 2.63. The molecular formula is C14H12F2N2O. The van der Waals surface area contributed by atoms with Crippen molar-refractivity contribution >= 4 is 11.6 Å². The number of rotatable bonds is 3. The summed E-state index contributed by atoms with van der Waals surface area (Å²) in [5, 5.41) is 2.59. The maximum atomic E-state index is 13.0. The minimum Gasteiger partial charge on any atom is -0.326 e. The third-order valence-electron chi connectivity index (χ3n) is 2.63. The smallest absolute Gasteiger partial charge is 0.255 e. The Kier molecular flexibility index (Phi) is 3.87. The Morgan fingerprint density at radius 1 is 1.05 bits per heavy atom. The van der Waals surface area contributed by atoms with Crippen LogP contribution in [-0.4, -0.2) is 5.91 Å². The van der Waals surface area contributed by atoms with Crippen LogP contribution >= 0.6 is 0 Å². The molecule has 3 N–H and O–H groups in total. The van der Waals surface area contributed by atoms with Crippen LogP contribution in [-0.2, 0) is 6.54 Å². The van der Waals surface area contributed by atoms with E-state index in [9.17, 15) is 13.6 Å². The summed E-state index contributed by atoms with van der Waals surface area (Å²) in [4.78, 5) is 11.8. The van der Waals surface area contributed by atoms with Crippen LogP contribution in [0.25, 0.3) is 0 Å². The molecule has 0 aliphatic heterocycles. The Morgan fingerprint density at radius 3 is 2.32 bits per heavy atom. The normalized spacial score (nSPS) is 10.3. The first-order chi connectivity index (χ1) is 9.10. The van der Waals surface area contributed by atoms with E-state index in [1.54, 1.807) is 24.3 Å². The summed E-state index contributed by atoms with van der Waals surface area (Å²) in [6.45, 7) is 0.414. The number of nitrogens with one attached hydrogen (secondary N) is 1. The van der Waals surface area contributed by atoms with Gasteiger partial charge in [0.05, 0.1) is 0 Å². The van der Waals surface area contributed by atoms with Gasteiger partial charge < -0.3 is 11.1 Å². The Balaban J connectivity index is 2.13. The number of amides is 1. The lowest BCUT2D eigenvalue weighted by Gasteiger charge is -2.06. The molecule has 0 aliphatic rings. The van der Waals surface area contributed by atoms with Crippen LogP contribution in [0, 0.1) is 11.6 Å². The number of hydrogen-bond acceptors (Lipinski definition) is 2. The van der Waals surface area contributed by atoms with Crippen LogP contribution in [0.5, 0.6) is 0 Å². The molecule has 0 fully saturated rings. The second-order valence-electron chi connectivity index (χ2n) is 3.98. The monoisotopic (exact) mass is 262 g/mol. The molecule has 0 radical (unpaired) electrons. The highest BCUT2D eigenvalue weighted by Crippen LogP contribution is 2.13. The molecule has 0 unspecified atom stereocenters. The lowest BCUT2D eigenvalue weighted by Crippen LogP contribution is -2.12. The quantitative estimate of drug-likeness (QED) is 0.893. The Bertz CT molecular complexity index is 597. The topological polar surface area (TPSA) is 55.1 Å². The molecule has 0 bridgehead atoms. The highest BCUT2D eigenvalue weighted by molar-refractivity contribution is 6.04. The van der Waals surface area contributed by atoms with Crippen LogP contribution in [0.15, 0.2) is 42.5 Å². The van der Waals surface area contributed by atoms with Gasteiger partial charge in [0, 0.05) is 17.8 Å². The highest BCUT2D eigenvalue weighted by atomic mass is 19.2. The summed E-state index contributed by atoms with van der Waals surface area (Å²) in [6.07, 6.45) is 0. The van der Waals surface area contributed by atoms with Gasteiger partial charge in [-0.1, -0.05) is 12.1 Å². The second kappa shape index (κ2) is 5.58. The van der Waals surface area contributed by atoms with Gasteiger partial charge in [-0.2, -0.15) is 0 Å². The molecule has 0 aromatic heterocycles. The number of hydrogen-bond donors (Lipinski definition) is 2. The first-order valence-corrected chi connectivity index (χ1v) is 5.65.